The Morgan fingerprint density at radius 1 is 1.03 bits per heavy atom. The van der Waals surface area contributed by atoms with Gasteiger partial charge in [-0.1, -0.05) is 52.5 Å². The molecule has 2 aromatic rings. The topological polar surface area (TPSA) is 164 Å². The summed E-state index contributed by atoms with van der Waals surface area (Å²) >= 11 is 16.6. The van der Waals surface area contributed by atoms with Crippen LogP contribution in [0.15, 0.2) is 37.2 Å². The van der Waals surface area contributed by atoms with Crippen molar-refractivity contribution in [2.24, 2.45) is 0 Å². The van der Waals surface area contributed by atoms with Crippen LogP contribution in [0, 0.1) is 0 Å². The van der Waals surface area contributed by atoms with Crippen LogP contribution in [0.25, 0.3) is 0 Å². The van der Waals surface area contributed by atoms with E-state index in [4.69, 9.17) is 75.5 Å². The first kappa shape index (κ1) is 35.8. The Bertz CT molecular complexity index is 1180. The van der Waals surface area contributed by atoms with Crippen LogP contribution in [0.5, 0.6) is 0 Å². The number of hydrogen-bond donors (Lipinski definition) is 3. The standard InChI is InChI=1S/C8H9Cl2NO2.C8H7Cl2N.C5H12NO2.4O.Os/c9-7-2-5(1-6(13)4-12)3-11-8(7)10;1-2-3-6-4-7(9)8(10)11-5-6;1-6(7)2-4-8-5-3-6;;;;;/h2-3,6,12-13H,1,4H2;2,4-5H,1,3H2;7H,2-5H2,1H3;;;;;/q;;+1;;;;;. The van der Waals surface area contributed by atoms with Gasteiger partial charge >= 0.3 is 29.0 Å². The summed E-state index contributed by atoms with van der Waals surface area (Å²) in [7, 11) is 1.79. The fraction of sp³-hybridized carbons (Fsp3) is 0.429. The van der Waals surface area contributed by atoms with Gasteiger partial charge in [0.1, 0.15) is 23.4 Å². The van der Waals surface area contributed by atoms with E-state index in [2.05, 4.69) is 16.5 Å². The number of aliphatic hydroxyl groups excluding tert-OH is 2. The Morgan fingerprint density at radius 2 is 1.46 bits per heavy atom. The molecule has 0 radical (unpaired) electrons. The zero-order valence-corrected chi connectivity index (χ0v) is 25.3. The summed E-state index contributed by atoms with van der Waals surface area (Å²) in [6.45, 7) is 6.15. The zero-order valence-electron chi connectivity index (χ0n) is 19.7. The molecule has 1 aliphatic heterocycles. The number of aliphatic hydroxyl groups is 2. The van der Waals surface area contributed by atoms with Gasteiger partial charge in [0.15, 0.2) is 0 Å². The molecule has 0 aromatic carbocycles. The van der Waals surface area contributed by atoms with Crippen molar-refractivity contribution in [2.45, 2.75) is 18.9 Å². The van der Waals surface area contributed by atoms with E-state index >= 15 is 0 Å². The van der Waals surface area contributed by atoms with Gasteiger partial charge in [0.25, 0.3) is 0 Å². The van der Waals surface area contributed by atoms with Gasteiger partial charge in [0.05, 0.1) is 43.0 Å². The van der Waals surface area contributed by atoms with Crippen molar-refractivity contribution in [2.75, 3.05) is 40.0 Å². The second-order valence-electron chi connectivity index (χ2n) is 7.52. The van der Waals surface area contributed by atoms with Gasteiger partial charge < -0.3 is 14.9 Å². The number of morpholine rings is 1. The van der Waals surface area contributed by atoms with Crippen molar-refractivity contribution in [3.63, 3.8) is 0 Å². The van der Waals surface area contributed by atoms with Crippen molar-refractivity contribution in [3.8, 4) is 0 Å². The predicted octanol–water partition coefficient (Wildman–Crippen LogP) is 3.78. The fourth-order valence-electron chi connectivity index (χ4n) is 2.38. The molecular formula is C21H28Cl4N3O8Os+. The Hall–Kier alpha value is -1.16. The second-order valence-corrected chi connectivity index (χ2v) is 11.6. The maximum absolute atomic E-state index is 9.23. The molecule has 0 bridgehead atoms. The number of likely N-dealkylation sites (N-methyl/N-ethyl adjacent to an activating group) is 1. The molecule has 1 saturated heterocycles. The molecule has 0 spiro atoms. The number of halogens is 4. The summed E-state index contributed by atoms with van der Waals surface area (Å²) in [6, 6.07) is 3.41. The average molecular weight is 783 g/mol. The van der Waals surface area contributed by atoms with Gasteiger partial charge in [-0.25, -0.2) is 15.2 Å². The van der Waals surface area contributed by atoms with E-state index in [1.165, 1.54) is 6.20 Å². The van der Waals surface area contributed by atoms with Crippen LogP contribution in [-0.2, 0) is 46.6 Å². The van der Waals surface area contributed by atoms with Crippen LogP contribution in [0.1, 0.15) is 11.1 Å². The number of hydroxylamine groups is 3. The van der Waals surface area contributed by atoms with E-state index in [1.54, 1.807) is 31.5 Å². The summed E-state index contributed by atoms with van der Waals surface area (Å²) in [5.41, 5.74) is 1.77. The van der Waals surface area contributed by atoms with E-state index in [1.807, 2.05) is 0 Å². The molecule has 3 N–H and O–H groups in total. The summed E-state index contributed by atoms with van der Waals surface area (Å²) < 4.78 is 39.7. The second kappa shape index (κ2) is 18.2. The van der Waals surface area contributed by atoms with E-state index < -0.39 is 20.9 Å². The quantitative estimate of drug-likeness (QED) is 0.231. The monoisotopic (exact) mass is 782 g/mol. The predicted molar refractivity (Wildman–Crippen MR) is 130 cm³/mol. The van der Waals surface area contributed by atoms with Gasteiger partial charge in [-0.3, -0.25) is 0 Å². The summed E-state index contributed by atoms with van der Waals surface area (Å²) in [5, 5.41) is 28.4. The molecule has 1 fully saturated rings. The number of aromatic nitrogens is 2. The van der Waals surface area contributed by atoms with Gasteiger partial charge in [0.2, 0.25) is 0 Å². The fourth-order valence-corrected chi connectivity index (χ4v) is 2.97. The number of allylic oxidation sites excluding steroid dienone is 1. The number of quaternary nitrogens is 1. The van der Waals surface area contributed by atoms with Crippen molar-refractivity contribution in [1.82, 2.24) is 9.97 Å². The number of ether oxygens (including phenoxy) is 1. The minimum absolute atomic E-state index is 0.125. The van der Waals surface area contributed by atoms with E-state index in [0.29, 0.717) is 34.8 Å². The molecule has 11 nitrogen and oxygen atoms in total. The zero-order chi connectivity index (χ0) is 28.6. The molecule has 16 heteroatoms. The molecule has 2 aromatic heterocycles. The number of rotatable bonds is 5. The van der Waals surface area contributed by atoms with Crippen molar-refractivity contribution >= 4 is 46.4 Å². The van der Waals surface area contributed by atoms with E-state index in [0.717, 1.165) is 30.6 Å². The van der Waals surface area contributed by atoms with Crippen LogP contribution in [0.4, 0.5) is 0 Å². The Morgan fingerprint density at radius 3 is 1.81 bits per heavy atom. The molecule has 1 atom stereocenters. The van der Waals surface area contributed by atoms with E-state index in [-0.39, 0.29) is 16.4 Å². The van der Waals surface area contributed by atoms with Crippen LogP contribution < -0.4 is 0 Å². The number of hydrogen-bond acceptors (Lipinski definition) is 10. The third kappa shape index (κ3) is 19.5. The van der Waals surface area contributed by atoms with Crippen LogP contribution >= 0.6 is 46.4 Å². The average Bonchev–Trinajstić information content (AvgIpc) is 2.78. The molecule has 0 aliphatic carbocycles. The molecule has 210 valence electrons. The maximum atomic E-state index is 9.23. The first-order valence-electron chi connectivity index (χ1n) is 10.3. The molecule has 1 aliphatic rings. The van der Waals surface area contributed by atoms with E-state index in [9.17, 15) is 5.21 Å². The Balaban J connectivity index is 0.000000492. The Labute approximate surface area is 236 Å². The Kier molecular flexibility index (Phi) is 17.6. The first-order valence-corrected chi connectivity index (χ1v) is 16.0. The molecule has 0 amide bonds. The molecular weight excluding hydrogens is 754 g/mol. The van der Waals surface area contributed by atoms with Gasteiger partial charge in [-0.2, -0.15) is 4.65 Å². The third-order valence-corrected chi connectivity index (χ3v) is 5.57. The molecule has 37 heavy (non-hydrogen) atoms. The minimum atomic E-state index is -6.06. The van der Waals surface area contributed by atoms with Crippen LogP contribution in [0.3, 0.4) is 0 Å². The number of pyridine rings is 2. The van der Waals surface area contributed by atoms with Crippen molar-refractivity contribution in [1.29, 1.82) is 0 Å². The van der Waals surface area contributed by atoms with Gasteiger partial charge in [-0.15, -0.1) is 6.58 Å². The molecule has 3 rings (SSSR count). The normalized spacial score (nSPS) is 14.9. The molecule has 3 heterocycles. The van der Waals surface area contributed by atoms with Crippen molar-refractivity contribution in [3.05, 3.63) is 68.7 Å². The van der Waals surface area contributed by atoms with Gasteiger partial charge in [-0.05, 0) is 29.7 Å². The third-order valence-electron chi connectivity index (χ3n) is 4.20. The van der Waals surface area contributed by atoms with Crippen molar-refractivity contribution < 1.29 is 53.8 Å². The molecule has 0 saturated carbocycles. The van der Waals surface area contributed by atoms with Crippen LogP contribution in [-0.4, -0.2) is 76.1 Å². The van der Waals surface area contributed by atoms with Crippen LogP contribution in [0.2, 0.25) is 20.4 Å². The first-order chi connectivity index (χ1) is 17.1. The number of nitrogens with zero attached hydrogens (tertiary/aromatic N) is 3. The summed E-state index contributed by atoms with van der Waals surface area (Å²) in [4.78, 5) is 7.69. The van der Waals surface area contributed by atoms with Gasteiger partial charge in [0, 0.05) is 18.8 Å². The molecule has 1 unspecified atom stereocenters. The summed E-state index contributed by atoms with van der Waals surface area (Å²) in [5.74, 6) is 0. The summed E-state index contributed by atoms with van der Waals surface area (Å²) in [6.07, 6.45) is 5.31. The SMILES string of the molecule is C=CCc1cnc(Cl)c(Cl)c1.C[N+]1(O)CCOCC1.OCC(O)Cc1cnc(Cl)c(Cl)c1.[O]=[Os](=[O])(=[O])=[O].